The number of carbonyl (C=O) groups excluding carboxylic acids is 2. The third-order valence-electron chi connectivity index (χ3n) is 3.95. The summed E-state index contributed by atoms with van der Waals surface area (Å²) in [5.41, 5.74) is 6.16. The van der Waals surface area contributed by atoms with Crippen molar-refractivity contribution in [2.75, 3.05) is 5.01 Å². The van der Waals surface area contributed by atoms with Gasteiger partial charge in [-0.05, 0) is 37.1 Å². The predicted octanol–water partition coefficient (Wildman–Crippen LogP) is 1.41. The molecule has 0 aromatic heterocycles. The summed E-state index contributed by atoms with van der Waals surface area (Å²) in [4.78, 5) is 23.9. The van der Waals surface area contributed by atoms with Crippen LogP contribution in [0.15, 0.2) is 29.4 Å². The van der Waals surface area contributed by atoms with Crippen molar-refractivity contribution in [3.05, 3.63) is 30.1 Å². The highest BCUT2D eigenvalue weighted by atomic mass is 19.1. The Morgan fingerprint density at radius 3 is 2.43 bits per heavy atom. The van der Waals surface area contributed by atoms with Crippen molar-refractivity contribution in [3.63, 3.8) is 0 Å². The maximum atomic E-state index is 13.0. The van der Waals surface area contributed by atoms with Crippen molar-refractivity contribution in [2.45, 2.75) is 39.3 Å². The van der Waals surface area contributed by atoms with E-state index in [1.807, 2.05) is 20.8 Å². The molecule has 2 atom stereocenters. The van der Waals surface area contributed by atoms with Gasteiger partial charge in [-0.2, -0.15) is 5.10 Å². The minimum Gasteiger partial charge on any atom is -0.368 e. The quantitative estimate of drug-likeness (QED) is 0.860. The van der Waals surface area contributed by atoms with E-state index in [0.29, 0.717) is 5.69 Å². The molecule has 0 spiro atoms. The first kappa shape index (κ1) is 16.9. The first-order valence-corrected chi connectivity index (χ1v) is 7.52. The van der Waals surface area contributed by atoms with Gasteiger partial charge in [-0.1, -0.05) is 13.8 Å². The van der Waals surface area contributed by atoms with Crippen LogP contribution in [-0.4, -0.2) is 29.6 Å². The number of nitrogens with zero attached hydrogens (tertiary/aromatic N) is 2. The molecule has 2 unspecified atom stereocenters. The fraction of sp³-hybridized carbons (Fsp3) is 0.438. The molecular weight excluding hydrogens is 299 g/mol. The molecule has 1 aliphatic rings. The van der Waals surface area contributed by atoms with E-state index in [1.54, 1.807) is 0 Å². The number of amides is 2. The molecule has 23 heavy (non-hydrogen) atoms. The van der Waals surface area contributed by atoms with E-state index in [4.69, 9.17) is 5.73 Å². The number of carbonyl (C=O) groups is 2. The highest BCUT2D eigenvalue weighted by molar-refractivity contribution is 6.40. The zero-order valence-electron chi connectivity index (χ0n) is 13.4. The molecule has 2 rings (SSSR count). The number of nitrogens with two attached hydrogens (primary N) is 1. The molecule has 0 aliphatic carbocycles. The van der Waals surface area contributed by atoms with E-state index in [2.05, 4.69) is 10.4 Å². The number of hydrogen-bond acceptors (Lipinski definition) is 4. The van der Waals surface area contributed by atoms with E-state index in [9.17, 15) is 14.0 Å². The van der Waals surface area contributed by atoms with Crippen LogP contribution in [0, 0.1) is 11.7 Å². The fourth-order valence-corrected chi connectivity index (χ4v) is 2.16. The summed E-state index contributed by atoms with van der Waals surface area (Å²) in [6.45, 7) is 5.90. The number of anilines is 1. The predicted molar refractivity (Wildman–Crippen MR) is 86.4 cm³/mol. The molecule has 3 N–H and O–H groups in total. The molecule has 124 valence electrons. The minimum atomic E-state index is -0.754. The zero-order chi connectivity index (χ0) is 17.1. The van der Waals surface area contributed by atoms with Crippen LogP contribution in [0.1, 0.15) is 27.2 Å². The zero-order valence-corrected chi connectivity index (χ0v) is 13.4. The van der Waals surface area contributed by atoms with E-state index < -0.39 is 17.8 Å². The maximum absolute atomic E-state index is 13.0. The highest BCUT2D eigenvalue weighted by Crippen LogP contribution is 2.25. The van der Waals surface area contributed by atoms with Crippen molar-refractivity contribution < 1.29 is 14.0 Å². The van der Waals surface area contributed by atoms with Gasteiger partial charge in [0.05, 0.1) is 5.69 Å². The average molecular weight is 320 g/mol. The van der Waals surface area contributed by atoms with Crippen LogP contribution in [0.3, 0.4) is 0 Å². The lowest BCUT2D eigenvalue weighted by Gasteiger charge is -2.20. The Morgan fingerprint density at radius 1 is 1.30 bits per heavy atom. The summed E-state index contributed by atoms with van der Waals surface area (Å²) in [6, 6.07) is 4.75. The van der Waals surface area contributed by atoms with Gasteiger partial charge in [-0.15, -0.1) is 0 Å². The molecule has 1 aliphatic heterocycles. The van der Waals surface area contributed by atoms with E-state index in [0.717, 1.165) is 0 Å². The smallest absolute Gasteiger partial charge is 0.267 e. The molecule has 0 bridgehead atoms. The second-order valence-corrected chi connectivity index (χ2v) is 6.00. The molecule has 2 amide bonds. The van der Waals surface area contributed by atoms with Crippen LogP contribution in [0.4, 0.5) is 10.1 Å². The summed E-state index contributed by atoms with van der Waals surface area (Å²) in [6.07, 6.45) is 0.128. The van der Waals surface area contributed by atoms with Gasteiger partial charge in [0, 0.05) is 12.5 Å². The first-order valence-electron chi connectivity index (χ1n) is 7.52. The molecule has 0 radical (unpaired) electrons. The minimum absolute atomic E-state index is 0.0166. The molecule has 0 fully saturated rings. The van der Waals surface area contributed by atoms with Gasteiger partial charge in [0.1, 0.15) is 17.6 Å². The Kier molecular flexibility index (Phi) is 4.98. The lowest BCUT2D eigenvalue weighted by molar-refractivity contribution is -0.119. The van der Waals surface area contributed by atoms with Crippen molar-refractivity contribution >= 4 is 23.2 Å². The van der Waals surface area contributed by atoms with Crippen molar-refractivity contribution in [1.29, 1.82) is 0 Å². The Labute approximate surface area is 134 Å². The van der Waals surface area contributed by atoms with E-state index in [-0.39, 0.29) is 30.0 Å². The van der Waals surface area contributed by atoms with E-state index >= 15 is 0 Å². The molecule has 0 saturated heterocycles. The Balaban J connectivity index is 2.22. The molecule has 1 aromatic carbocycles. The van der Waals surface area contributed by atoms with Crippen molar-refractivity contribution in [1.82, 2.24) is 5.32 Å². The summed E-state index contributed by atoms with van der Waals surface area (Å²) in [5.74, 6) is -1.02. The molecule has 6 nitrogen and oxygen atoms in total. The summed E-state index contributed by atoms with van der Waals surface area (Å²) < 4.78 is 13.0. The van der Waals surface area contributed by atoms with Crippen LogP contribution >= 0.6 is 0 Å². The topological polar surface area (TPSA) is 87.8 Å². The number of benzene rings is 1. The van der Waals surface area contributed by atoms with Gasteiger partial charge in [0.2, 0.25) is 5.91 Å². The van der Waals surface area contributed by atoms with Crippen LogP contribution in [0.2, 0.25) is 0 Å². The molecule has 1 heterocycles. The number of hydrogen-bond donors (Lipinski definition) is 2. The number of halogens is 1. The maximum Gasteiger partial charge on any atom is 0.267 e. The van der Waals surface area contributed by atoms with Crippen LogP contribution < -0.4 is 16.1 Å². The SMILES string of the molecule is CC(C)C(C)NC(=O)C1=NN(c2ccc(F)cc2)C(C(N)=O)C1. The van der Waals surface area contributed by atoms with Gasteiger partial charge >= 0.3 is 0 Å². The van der Waals surface area contributed by atoms with Gasteiger partial charge in [-0.3, -0.25) is 14.6 Å². The standard InChI is InChI=1S/C16H21FN4O2/c1-9(2)10(3)19-16(23)13-8-14(15(18)22)21(20-13)12-6-4-11(17)5-7-12/h4-7,9-10,14H,8H2,1-3H3,(H2,18,22)(H,19,23). The molecular formula is C16H21FN4O2. The third kappa shape index (κ3) is 3.85. The normalized spacial score (nSPS) is 18.7. The van der Waals surface area contributed by atoms with Crippen LogP contribution in [-0.2, 0) is 9.59 Å². The highest BCUT2D eigenvalue weighted by Gasteiger charge is 2.35. The number of primary amides is 1. The molecule has 0 saturated carbocycles. The van der Waals surface area contributed by atoms with Crippen LogP contribution in [0.25, 0.3) is 0 Å². The average Bonchev–Trinajstić information content (AvgIpc) is 2.93. The lowest BCUT2D eigenvalue weighted by atomic mass is 10.1. The van der Waals surface area contributed by atoms with Gasteiger partial charge in [0.25, 0.3) is 5.91 Å². The number of nitrogens with one attached hydrogen (secondary N) is 1. The van der Waals surface area contributed by atoms with Gasteiger partial charge in [-0.25, -0.2) is 4.39 Å². The second kappa shape index (κ2) is 6.76. The first-order chi connectivity index (χ1) is 10.8. The Bertz CT molecular complexity index is 627. The Morgan fingerprint density at radius 2 is 1.91 bits per heavy atom. The molecule has 1 aromatic rings. The summed E-state index contributed by atoms with van der Waals surface area (Å²) >= 11 is 0. The largest absolute Gasteiger partial charge is 0.368 e. The van der Waals surface area contributed by atoms with Crippen LogP contribution in [0.5, 0.6) is 0 Å². The van der Waals surface area contributed by atoms with Crippen molar-refractivity contribution in [3.8, 4) is 0 Å². The summed E-state index contributed by atoms with van der Waals surface area (Å²) in [7, 11) is 0. The lowest BCUT2D eigenvalue weighted by Crippen LogP contribution is -2.41. The van der Waals surface area contributed by atoms with Gasteiger partial charge < -0.3 is 11.1 Å². The Hall–Kier alpha value is -2.44. The molecule has 7 heteroatoms. The van der Waals surface area contributed by atoms with Gasteiger partial charge in [0.15, 0.2) is 0 Å². The van der Waals surface area contributed by atoms with E-state index in [1.165, 1.54) is 29.3 Å². The third-order valence-corrected chi connectivity index (χ3v) is 3.95. The van der Waals surface area contributed by atoms with Crippen molar-refractivity contribution in [2.24, 2.45) is 16.8 Å². The monoisotopic (exact) mass is 320 g/mol. The second-order valence-electron chi connectivity index (χ2n) is 6.00. The fourth-order valence-electron chi connectivity index (χ4n) is 2.16. The number of rotatable bonds is 5. The summed E-state index contributed by atoms with van der Waals surface area (Å²) in [5, 5.41) is 8.44. The number of hydrazone groups is 1.